The van der Waals surface area contributed by atoms with Crippen LogP contribution in [-0.4, -0.2) is 11.2 Å². The van der Waals surface area contributed by atoms with Gasteiger partial charge < -0.3 is 5.11 Å². The van der Waals surface area contributed by atoms with Gasteiger partial charge in [-0.3, -0.25) is 0 Å². The lowest BCUT2D eigenvalue weighted by atomic mass is 9.96. The Kier molecular flexibility index (Phi) is 2.55. The minimum Gasteiger partial charge on any atom is -0.393 e. The molecule has 0 bridgehead atoms. The number of halogens is 1. The van der Waals surface area contributed by atoms with E-state index in [-0.39, 0.29) is 11.9 Å². The van der Waals surface area contributed by atoms with Gasteiger partial charge in [-0.1, -0.05) is 12.1 Å². The zero-order valence-corrected chi connectivity index (χ0v) is 8.33. The number of aliphatic hydroxyl groups excluding tert-OH is 1. The molecule has 76 valence electrons. The molecule has 1 aromatic carbocycles. The Balaban J connectivity index is 2.20. The predicted molar refractivity (Wildman–Crippen MR) is 53.7 cm³/mol. The van der Waals surface area contributed by atoms with E-state index >= 15 is 0 Å². The summed E-state index contributed by atoms with van der Waals surface area (Å²) >= 11 is 0. The lowest BCUT2D eigenvalue weighted by Crippen LogP contribution is -2.00. The summed E-state index contributed by atoms with van der Waals surface area (Å²) in [6.07, 6.45) is 2.41. The minimum atomic E-state index is -0.190. The van der Waals surface area contributed by atoms with Gasteiger partial charge in [-0.25, -0.2) is 4.39 Å². The quantitative estimate of drug-likeness (QED) is 0.728. The van der Waals surface area contributed by atoms with Crippen molar-refractivity contribution in [3.63, 3.8) is 0 Å². The first-order valence-electron chi connectivity index (χ1n) is 5.11. The molecule has 0 aromatic heterocycles. The third-order valence-electron chi connectivity index (χ3n) is 3.07. The molecule has 0 spiro atoms. The summed E-state index contributed by atoms with van der Waals surface area (Å²) in [5.41, 5.74) is 1.72. The maximum absolute atomic E-state index is 13.3. The molecule has 0 saturated heterocycles. The van der Waals surface area contributed by atoms with Crippen molar-refractivity contribution >= 4 is 0 Å². The second-order valence-corrected chi connectivity index (χ2v) is 4.17. The Labute approximate surface area is 83.6 Å². The second kappa shape index (κ2) is 3.70. The highest BCUT2D eigenvalue weighted by atomic mass is 19.1. The topological polar surface area (TPSA) is 20.2 Å². The van der Waals surface area contributed by atoms with Crippen LogP contribution in [0.2, 0.25) is 0 Å². The van der Waals surface area contributed by atoms with E-state index in [1.807, 2.05) is 12.1 Å². The normalized spacial score (nSPS) is 26.8. The van der Waals surface area contributed by atoms with Crippen LogP contribution in [0.15, 0.2) is 18.2 Å². The molecule has 2 heteroatoms. The first-order chi connectivity index (χ1) is 6.66. The van der Waals surface area contributed by atoms with Gasteiger partial charge in [-0.15, -0.1) is 0 Å². The Hall–Kier alpha value is -0.890. The largest absolute Gasteiger partial charge is 0.393 e. The lowest BCUT2D eigenvalue weighted by Gasteiger charge is -2.10. The first-order valence-corrected chi connectivity index (χ1v) is 5.11. The molecular formula is C12H15FO. The first kappa shape index (κ1) is 9.66. The predicted octanol–water partition coefficient (Wildman–Crippen LogP) is 2.76. The van der Waals surface area contributed by atoms with E-state index in [2.05, 4.69) is 0 Å². The molecule has 0 aliphatic heterocycles. The number of hydrogen-bond acceptors (Lipinski definition) is 1. The molecule has 14 heavy (non-hydrogen) atoms. The Bertz CT molecular complexity index is 335. The fraction of sp³-hybridized carbons (Fsp3) is 0.500. The zero-order valence-electron chi connectivity index (χ0n) is 8.33. The van der Waals surface area contributed by atoms with Crippen molar-refractivity contribution in [2.75, 3.05) is 0 Å². The van der Waals surface area contributed by atoms with Crippen molar-refractivity contribution < 1.29 is 9.50 Å². The van der Waals surface area contributed by atoms with Crippen molar-refractivity contribution in [3.8, 4) is 0 Å². The van der Waals surface area contributed by atoms with Gasteiger partial charge in [0, 0.05) is 0 Å². The van der Waals surface area contributed by atoms with Crippen LogP contribution in [0.25, 0.3) is 0 Å². The van der Waals surface area contributed by atoms with Gasteiger partial charge >= 0.3 is 0 Å². The van der Waals surface area contributed by atoms with Crippen LogP contribution in [0.1, 0.15) is 36.3 Å². The van der Waals surface area contributed by atoms with E-state index in [1.54, 1.807) is 13.0 Å². The third-order valence-corrected chi connectivity index (χ3v) is 3.07. The molecule has 1 aromatic rings. The van der Waals surface area contributed by atoms with Crippen molar-refractivity contribution in [2.45, 2.75) is 38.2 Å². The van der Waals surface area contributed by atoms with Gasteiger partial charge in [0.2, 0.25) is 0 Å². The summed E-state index contributed by atoms with van der Waals surface area (Å²) in [6.45, 7) is 1.77. The summed E-state index contributed by atoms with van der Waals surface area (Å²) < 4.78 is 13.3. The SMILES string of the molecule is Cc1ccc(C2CCC(O)C2)cc1F. The van der Waals surface area contributed by atoms with Gasteiger partial charge in [-0.2, -0.15) is 0 Å². The Morgan fingerprint density at radius 1 is 1.36 bits per heavy atom. The van der Waals surface area contributed by atoms with E-state index in [0.717, 1.165) is 24.8 Å². The lowest BCUT2D eigenvalue weighted by molar-refractivity contribution is 0.181. The van der Waals surface area contributed by atoms with Crippen LogP contribution in [0.5, 0.6) is 0 Å². The fourth-order valence-electron chi connectivity index (χ4n) is 2.12. The van der Waals surface area contributed by atoms with Crippen LogP contribution < -0.4 is 0 Å². The molecule has 2 rings (SSSR count). The average molecular weight is 194 g/mol. The maximum Gasteiger partial charge on any atom is 0.126 e. The highest BCUT2D eigenvalue weighted by Crippen LogP contribution is 2.34. The summed E-state index contributed by atoms with van der Waals surface area (Å²) in [4.78, 5) is 0. The summed E-state index contributed by atoms with van der Waals surface area (Å²) in [5.74, 6) is 0.212. The van der Waals surface area contributed by atoms with E-state index in [1.165, 1.54) is 0 Å². The van der Waals surface area contributed by atoms with Gasteiger partial charge in [0.15, 0.2) is 0 Å². The van der Waals surface area contributed by atoms with Crippen LogP contribution in [0, 0.1) is 12.7 Å². The molecule has 1 aliphatic rings. The van der Waals surface area contributed by atoms with Crippen molar-refractivity contribution in [1.29, 1.82) is 0 Å². The molecule has 1 saturated carbocycles. The average Bonchev–Trinajstić information content (AvgIpc) is 2.57. The van der Waals surface area contributed by atoms with Crippen LogP contribution in [0.3, 0.4) is 0 Å². The number of aryl methyl sites for hydroxylation is 1. The molecule has 1 N–H and O–H groups in total. The number of hydrogen-bond donors (Lipinski definition) is 1. The molecule has 2 unspecified atom stereocenters. The number of aliphatic hydroxyl groups is 1. The smallest absolute Gasteiger partial charge is 0.126 e. The van der Waals surface area contributed by atoms with Crippen LogP contribution in [-0.2, 0) is 0 Å². The highest BCUT2D eigenvalue weighted by Gasteiger charge is 2.24. The van der Waals surface area contributed by atoms with Crippen molar-refractivity contribution in [3.05, 3.63) is 35.1 Å². The van der Waals surface area contributed by atoms with E-state index < -0.39 is 0 Å². The molecule has 1 fully saturated rings. The van der Waals surface area contributed by atoms with E-state index in [9.17, 15) is 9.50 Å². The fourth-order valence-corrected chi connectivity index (χ4v) is 2.12. The summed E-state index contributed by atoms with van der Waals surface area (Å²) in [7, 11) is 0. The molecule has 2 atom stereocenters. The summed E-state index contributed by atoms with van der Waals surface area (Å²) in [5, 5.41) is 9.39. The molecule has 0 heterocycles. The molecule has 1 aliphatic carbocycles. The molecular weight excluding hydrogens is 179 g/mol. The second-order valence-electron chi connectivity index (χ2n) is 4.17. The third kappa shape index (κ3) is 1.80. The Morgan fingerprint density at radius 3 is 2.71 bits per heavy atom. The van der Waals surface area contributed by atoms with Gasteiger partial charge in [0.25, 0.3) is 0 Å². The molecule has 1 nitrogen and oxygen atoms in total. The zero-order chi connectivity index (χ0) is 10.1. The molecule has 0 radical (unpaired) electrons. The van der Waals surface area contributed by atoms with Crippen molar-refractivity contribution in [2.24, 2.45) is 0 Å². The number of benzene rings is 1. The van der Waals surface area contributed by atoms with Gasteiger partial charge in [-0.05, 0) is 49.3 Å². The Morgan fingerprint density at radius 2 is 2.14 bits per heavy atom. The van der Waals surface area contributed by atoms with Crippen LogP contribution in [0.4, 0.5) is 4.39 Å². The van der Waals surface area contributed by atoms with E-state index in [0.29, 0.717) is 11.5 Å². The van der Waals surface area contributed by atoms with Gasteiger partial charge in [0.05, 0.1) is 6.10 Å². The van der Waals surface area contributed by atoms with Crippen LogP contribution >= 0.6 is 0 Å². The highest BCUT2D eigenvalue weighted by molar-refractivity contribution is 5.26. The van der Waals surface area contributed by atoms with Crippen molar-refractivity contribution in [1.82, 2.24) is 0 Å². The number of rotatable bonds is 1. The monoisotopic (exact) mass is 194 g/mol. The van der Waals surface area contributed by atoms with Gasteiger partial charge in [0.1, 0.15) is 5.82 Å². The maximum atomic E-state index is 13.3. The standard InChI is InChI=1S/C12H15FO/c1-8-2-3-10(7-12(8)13)9-4-5-11(14)6-9/h2-3,7,9,11,14H,4-6H2,1H3. The summed E-state index contributed by atoms with van der Waals surface area (Å²) in [6, 6.07) is 5.40. The minimum absolute atomic E-state index is 0.135. The van der Waals surface area contributed by atoms with E-state index in [4.69, 9.17) is 0 Å². The molecule has 0 amide bonds.